The van der Waals surface area contributed by atoms with Gasteiger partial charge in [0.25, 0.3) is 0 Å². The molecule has 0 atom stereocenters. The van der Waals surface area contributed by atoms with E-state index in [-0.39, 0.29) is 35.8 Å². The highest BCUT2D eigenvalue weighted by molar-refractivity contribution is 6.06. The zero-order valence-electron chi connectivity index (χ0n) is 27.1. The van der Waals surface area contributed by atoms with E-state index in [2.05, 4.69) is 25.9 Å². The van der Waals surface area contributed by atoms with Gasteiger partial charge in [-0.05, 0) is 88.3 Å². The fourth-order valence-corrected chi connectivity index (χ4v) is 5.88. The van der Waals surface area contributed by atoms with Gasteiger partial charge in [-0.2, -0.15) is 26.9 Å². The smallest absolute Gasteiger partial charge is 0.421 e. The average Bonchev–Trinajstić information content (AvgIpc) is 3.23. The molecule has 0 saturated carbocycles. The Morgan fingerprint density at radius 2 is 1.83 bits per heavy atom. The van der Waals surface area contributed by atoms with Gasteiger partial charge < -0.3 is 30.3 Å². The summed E-state index contributed by atoms with van der Waals surface area (Å²) in [6, 6.07) is 9.73. The average molecular weight is 677 g/mol. The summed E-state index contributed by atoms with van der Waals surface area (Å²) in [4.78, 5) is 34.4. The minimum absolute atomic E-state index is 0.0168. The van der Waals surface area contributed by atoms with Crippen LogP contribution in [0.15, 0.2) is 42.6 Å². The highest BCUT2D eigenvalue weighted by Crippen LogP contribution is 2.41. The molecule has 2 aliphatic heterocycles. The molecule has 1 aromatic heterocycles. The molecule has 0 radical (unpaired) electrons. The maximum atomic E-state index is 14.0. The number of ether oxygens (including phenoxy) is 2. The molecule has 1 fully saturated rings. The largest absolute Gasteiger partial charge is 0.444 e. The van der Waals surface area contributed by atoms with Gasteiger partial charge in [-0.15, -0.1) is 0 Å². The van der Waals surface area contributed by atoms with Crippen LogP contribution in [-0.4, -0.2) is 52.2 Å². The first-order chi connectivity index (χ1) is 22.4. The van der Waals surface area contributed by atoms with E-state index in [4.69, 9.17) is 9.47 Å². The van der Waals surface area contributed by atoms with Crippen molar-refractivity contribution in [3.8, 4) is 5.75 Å². The summed E-state index contributed by atoms with van der Waals surface area (Å²) in [6.45, 7) is 6.34. The summed E-state index contributed by atoms with van der Waals surface area (Å²) in [6.07, 6.45) is -3.51. The molecule has 2 aromatic carbocycles. The van der Waals surface area contributed by atoms with E-state index in [1.54, 1.807) is 63.8 Å². The Balaban J connectivity index is 1.36. The lowest BCUT2D eigenvalue weighted by atomic mass is 9.83. The predicted octanol–water partition coefficient (Wildman–Crippen LogP) is 7.80. The van der Waals surface area contributed by atoms with Gasteiger partial charge in [0.05, 0.1) is 11.1 Å². The highest BCUT2D eigenvalue weighted by atomic mass is 19.4. The molecule has 1 saturated heterocycles. The first kappa shape index (κ1) is 34.6. The number of fused-ring (bicyclic) bond motifs is 1. The number of nitrogens with one attached hydrogen (secondary N) is 3. The molecule has 2 amide bonds. The van der Waals surface area contributed by atoms with Crippen LogP contribution in [0.3, 0.4) is 0 Å². The zero-order valence-corrected chi connectivity index (χ0v) is 27.1. The zero-order chi connectivity index (χ0) is 35.0. The standard InChI is InChI=1S/C33H37F5N6O4/c1-31(2,3)48-30(46)44-13-11-18(12-14-44)19-9-10-22(24(15-19)47-28(34)35)42-29-40-17-21(33(36,37)38)26(43-29)39-16-20-7-6-8-23-25(20)32(4,5)27(45)41-23/h6-10,15,17-18,28H,11-14,16H2,1-5H3,(H,41,45)(H2,39,40,42,43). The normalized spacial score (nSPS) is 16.4. The quantitative estimate of drug-likeness (QED) is 0.207. The van der Waals surface area contributed by atoms with Crippen molar-refractivity contribution in [3.63, 3.8) is 0 Å². The molecule has 0 unspecified atom stereocenters. The van der Waals surface area contributed by atoms with Gasteiger partial charge in [0.2, 0.25) is 11.9 Å². The number of hydrogen-bond acceptors (Lipinski definition) is 8. The topological polar surface area (TPSA) is 118 Å². The molecule has 3 aromatic rings. The van der Waals surface area contributed by atoms with E-state index in [1.807, 2.05) is 0 Å². The Labute approximate surface area is 274 Å². The number of amides is 2. The Hall–Kier alpha value is -4.69. The van der Waals surface area contributed by atoms with E-state index in [9.17, 15) is 31.5 Å². The number of rotatable bonds is 8. The molecule has 10 nitrogen and oxygen atoms in total. The lowest BCUT2D eigenvalue weighted by Gasteiger charge is -2.33. The van der Waals surface area contributed by atoms with Crippen molar-refractivity contribution in [2.24, 2.45) is 0 Å². The van der Waals surface area contributed by atoms with Gasteiger partial charge in [-0.25, -0.2) is 9.78 Å². The molecule has 0 bridgehead atoms. The van der Waals surface area contributed by atoms with Crippen LogP contribution in [0.4, 0.5) is 49.9 Å². The Bertz CT molecular complexity index is 1680. The van der Waals surface area contributed by atoms with E-state index < -0.39 is 41.3 Å². The third kappa shape index (κ3) is 7.71. The summed E-state index contributed by atoms with van der Waals surface area (Å²) in [5, 5.41) is 8.23. The number of anilines is 4. The molecule has 48 heavy (non-hydrogen) atoms. The molecular formula is C33H37F5N6O4. The third-order valence-electron chi connectivity index (χ3n) is 8.22. The van der Waals surface area contributed by atoms with Crippen molar-refractivity contribution in [1.82, 2.24) is 14.9 Å². The number of likely N-dealkylation sites (tertiary alicyclic amines) is 1. The number of alkyl halides is 5. The molecule has 0 aliphatic carbocycles. The highest BCUT2D eigenvalue weighted by Gasteiger charge is 2.40. The van der Waals surface area contributed by atoms with E-state index in [1.165, 1.54) is 12.1 Å². The lowest BCUT2D eigenvalue weighted by Crippen LogP contribution is -2.41. The predicted molar refractivity (Wildman–Crippen MR) is 169 cm³/mol. The van der Waals surface area contributed by atoms with Crippen LogP contribution >= 0.6 is 0 Å². The summed E-state index contributed by atoms with van der Waals surface area (Å²) >= 11 is 0. The third-order valence-corrected chi connectivity index (χ3v) is 8.22. The second kappa shape index (κ2) is 13.1. The number of carbonyl (C=O) groups excluding carboxylic acids is 2. The maximum absolute atomic E-state index is 14.0. The summed E-state index contributed by atoms with van der Waals surface area (Å²) in [7, 11) is 0. The van der Waals surface area contributed by atoms with Gasteiger partial charge >= 0.3 is 18.9 Å². The van der Waals surface area contributed by atoms with E-state index in [0.717, 1.165) is 0 Å². The molecule has 3 N–H and O–H groups in total. The minimum atomic E-state index is -4.80. The number of benzene rings is 2. The molecule has 5 rings (SSSR count). The first-order valence-corrected chi connectivity index (χ1v) is 15.4. The Kier molecular flexibility index (Phi) is 9.44. The number of aromatic nitrogens is 2. The summed E-state index contributed by atoms with van der Waals surface area (Å²) in [5.74, 6) is -1.37. The molecule has 258 valence electrons. The van der Waals surface area contributed by atoms with E-state index in [0.29, 0.717) is 54.5 Å². The van der Waals surface area contributed by atoms with Crippen molar-refractivity contribution in [1.29, 1.82) is 0 Å². The van der Waals surface area contributed by atoms with Crippen molar-refractivity contribution >= 4 is 35.1 Å². The molecular weight excluding hydrogens is 639 g/mol. The van der Waals surface area contributed by atoms with Gasteiger partial charge in [0, 0.05) is 31.5 Å². The summed E-state index contributed by atoms with van der Waals surface area (Å²) in [5.41, 5.74) is -0.124. The molecule has 15 heteroatoms. The van der Waals surface area contributed by atoms with Crippen molar-refractivity contribution < 1.29 is 41.0 Å². The van der Waals surface area contributed by atoms with Crippen molar-refractivity contribution in [2.75, 3.05) is 29.0 Å². The Morgan fingerprint density at radius 3 is 2.48 bits per heavy atom. The summed E-state index contributed by atoms with van der Waals surface area (Å²) < 4.78 is 79.1. The molecule has 0 spiro atoms. The van der Waals surface area contributed by atoms with Gasteiger partial charge in [0.15, 0.2) is 0 Å². The number of nitrogens with zero attached hydrogens (tertiary/aromatic N) is 3. The van der Waals surface area contributed by atoms with Gasteiger partial charge in [-0.1, -0.05) is 18.2 Å². The van der Waals surface area contributed by atoms with Gasteiger partial charge in [-0.3, -0.25) is 4.79 Å². The first-order valence-electron chi connectivity index (χ1n) is 15.4. The Morgan fingerprint density at radius 1 is 1.12 bits per heavy atom. The SMILES string of the molecule is CC(C)(C)OC(=O)N1CCC(c2ccc(Nc3ncc(C(F)(F)F)c(NCc4cccc5c4C(C)(C)C(=O)N5)n3)c(OC(F)F)c2)CC1. The number of halogens is 5. The van der Waals surface area contributed by atoms with Crippen LogP contribution in [0, 0.1) is 0 Å². The van der Waals surface area contributed by atoms with Crippen molar-refractivity contribution in [3.05, 3.63) is 64.8 Å². The van der Waals surface area contributed by atoms with Crippen LogP contribution in [0.5, 0.6) is 5.75 Å². The minimum Gasteiger partial charge on any atom is -0.444 e. The number of hydrogen-bond donors (Lipinski definition) is 3. The van der Waals surface area contributed by atoms with Crippen LogP contribution < -0.4 is 20.7 Å². The second-order valence-electron chi connectivity index (χ2n) is 13.2. The second-order valence-corrected chi connectivity index (χ2v) is 13.2. The fourth-order valence-electron chi connectivity index (χ4n) is 5.88. The molecule has 2 aliphatic rings. The fraction of sp³-hybridized carbons (Fsp3) is 0.455. The lowest BCUT2D eigenvalue weighted by molar-refractivity contribution is -0.137. The van der Waals surface area contributed by atoms with Gasteiger partial charge in [0.1, 0.15) is 22.7 Å². The maximum Gasteiger partial charge on any atom is 0.421 e. The number of carbonyl (C=O) groups is 2. The monoisotopic (exact) mass is 676 g/mol. The van der Waals surface area contributed by atoms with E-state index >= 15 is 0 Å². The van der Waals surface area contributed by atoms with Crippen molar-refractivity contribution in [2.45, 2.75) is 83.7 Å². The van der Waals surface area contributed by atoms with Crippen LogP contribution in [0.25, 0.3) is 0 Å². The molecule has 3 heterocycles. The number of piperidine rings is 1. The van der Waals surface area contributed by atoms with Crippen LogP contribution in [-0.2, 0) is 27.7 Å². The van der Waals surface area contributed by atoms with Crippen LogP contribution in [0.1, 0.15) is 75.6 Å². The van der Waals surface area contributed by atoms with Crippen LogP contribution in [0.2, 0.25) is 0 Å².